The van der Waals surface area contributed by atoms with E-state index in [2.05, 4.69) is 5.32 Å². The summed E-state index contributed by atoms with van der Waals surface area (Å²) in [6.45, 7) is 2.38. The van der Waals surface area contributed by atoms with Crippen LogP contribution in [0.5, 0.6) is 11.5 Å². The van der Waals surface area contributed by atoms with Crippen molar-refractivity contribution in [3.05, 3.63) is 48.0 Å². The Hall–Kier alpha value is -2.69. The molecule has 1 amide bonds. The Kier molecular flexibility index (Phi) is 4.10. The Morgan fingerprint density at radius 1 is 1.30 bits per heavy atom. The molecule has 0 aromatic heterocycles. The van der Waals surface area contributed by atoms with Gasteiger partial charge in [-0.05, 0) is 37.3 Å². The van der Waals surface area contributed by atoms with Gasteiger partial charge in [0.25, 0.3) is 5.91 Å². The molecule has 20 heavy (non-hydrogen) atoms. The van der Waals surface area contributed by atoms with Crippen molar-refractivity contribution < 1.29 is 14.6 Å². The molecule has 0 aliphatic rings. The maximum Gasteiger partial charge on any atom is 0.255 e. The number of phenolic OH excluding ortho intramolecular Hbond substituents is 1. The molecule has 0 spiro atoms. The summed E-state index contributed by atoms with van der Waals surface area (Å²) in [7, 11) is 0. The summed E-state index contributed by atoms with van der Waals surface area (Å²) in [4.78, 5) is 12.1. The van der Waals surface area contributed by atoms with Crippen LogP contribution in [0.15, 0.2) is 42.5 Å². The molecule has 0 atom stereocenters. The maximum absolute atomic E-state index is 12.1. The number of aromatic hydroxyl groups is 1. The molecule has 0 saturated heterocycles. The van der Waals surface area contributed by atoms with E-state index in [1.807, 2.05) is 13.0 Å². The molecule has 0 heterocycles. The highest BCUT2D eigenvalue weighted by molar-refractivity contribution is 6.05. The Morgan fingerprint density at radius 3 is 2.75 bits per heavy atom. The first-order valence-corrected chi connectivity index (χ1v) is 6.23. The van der Waals surface area contributed by atoms with E-state index in [1.165, 1.54) is 12.1 Å². The van der Waals surface area contributed by atoms with Crippen LogP contribution >= 0.6 is 0 Å². The predicted octanol–water partition coefficient (Wildman–Crippen LogP) is 2.63. The van der Waals surface area contributed by atoms with Gasteiger partial charge in [0.15, 0.2) is 0 Å². The van der Waals surface area contributed by atoms with E-state index in [0.29, 0.717) is 23.6 Å². The van der Waals surface area contributed by atoms with Crippen LogP contribution in [0.3, 0.4) is 0 Å². The quantitative estimate of drug-likeness (QED) is 0.590. The summed E-state index contributed by atoms with van der Waals surface area (Å²) in [6, 6.07) is 11.5. The highest BCUT2D eigenvalue weighted by atomic mass is 16.5. The average molecular weight is 272 g/mol. The fourth-order valence-corrected chi connectivity index (χ4v) is 1.73. The van der Waals surface area contributed by atoms with Crippen molar-refractivity contribution in [2.75, 3.05) is 17.7 Å². The van der Waals surface area contributed by atoms with E-state index in [-0.39, 0.29) is 17.3 Å². The molecule has 5 heteroatoms. The van der Waals surface area contributed by atoms with Crippen molar-refractivity contribution in [3.8, 4) is 11.5 Å². The molecule has 0 radical (unpaired) electrons. The third-order valence-electron chi connectivity index (χ3n) is 2.73. The zero-order chi connectivity index (χ0) is 14.5. The monoisotopic (exact) mass is 272 g/mol. The summed E-state index contributed by atoms with van der Waals surface area (Å²) >= 11 is 0. The van der Waals surface area contributed by atoms with Crippen molar-refractivity contribution in [1.29, 1.82) is 0 Å². The molecule has 104 valence electrons. The third kappa shape index (κ3) is 3.00. The zero-order valence-corrected chi connectivity index (χ0v) is 11.1. The highest BCUT2D eigenvalue weighted by Crippen LogP contribution is 2.25. The van der Waals surface area contributed by atoms with Gasteiger partial charge < -0.3 is 20.9 Å². The molecule has 2 rings (SSSR count). The minimum Gasteiger partial charge on any atom is -0.506 e. The molecule has 5 nitrogen and oxygen atoms in total. The summed E-state index contributed by atoms with van der Waals surface area (Å²) in [5.41, 5.74) is 6.64. The zero-order valence-electron chi connectivity index (χ0n) is 11.1. The standard InChI is InChI=1S/C15H16N2O3/c1-2-20-14-6-4-3-5-12(14)17-15(19)10-7-8-11(16)13(18)9-10/h3-9,18H,2,16H2,1H3,(H,17,19). The lowest BCUT2D eigenvalue weighted by atomic mass is 10.1. The average Bonchev–Trinajstić information content (AvgIpc) is 2.44. The summed E-state index contributed by atoms with van der Waals surface area (Å²) < 4.78 is 5.43. The number of nitrogens with one attached hydrogen (secondary N) is 1. The number of para-hydroxylation sites is 2. The van der Waals surface area contributed by atoms with Gasteiger partial charge in [-0.3, -0.25) is 4.79 Å². The van der Waals surface area contributed by atoms with E-state index in [0.717, 1.165) is 0 Å². The Labute approximate surface area is 117 Å². The molecule has 0 unspecified atom stereocenters. The SMILES string of the molecule is CCOc1ccccc1NC(=O)c1ccc(N)c(O)c1. The van der Waals surface area contributed by atoms with Crippen LogP contribution in [-0.4, -0.2) is 17.6 Å². The number of nitrogens with two attached hydrogens (primary N) is 1. The minimum atomic E-state index is -0.340. The third-order valence-corrected chi connectivity index (χ3v) is 2.73. The molecule has 4 N–H and O–H groups in total. The van der Waals surface area contributed by atoms with Gasteiger partial charge in [0, 0.05) is 5.56 Å². The second kappa shape index (κ2) is 5.97. The molecular formula is C15H16N2O3. The topological polar surface area (TPSA) is 84.6 Å². The van der Waals surface area contributed by atoms with E-state index in [9.17, 15) is 9.90 Å². The Morgan fingerprint density at radius 2 is 2.05 bits per heavy atom. The van der Waals surface area contributed by atoms with Crippen molar-refractivity contribution >= 4 is 17.3 Å². The molecular weight excluding hydrogens is 256 g/mol. The second-order valence-corrected chi connectivity index (χ2v) is 4.16. The van der Waals surface area contributed by atoms with Crippen molar-refractivity contribution in [3.63, 3.8) is 0 Å². The van der Waals surface area contributed by atoms with Crippen LogP contribution in [0.25, 0.3) is 0 Å². The van der Waals surface area contributed by atoms with Gasteiger partial charge in [-0.25, -0.2) is 0 Å². The van der Waals surface area contributed by atoms with Gasteiger partial charge in [-0.15, -0.1) is 0 Å². The van der Waals surface area contributed by atoms with E-state index >= 15 is 0 Å². The fourth-order valence-electron chi connectivity index (χ4n) is 1.73. The predicted molar refractivity (Wildman–Crippen MR) is 78.1 cm³/mol. The van der Waals surface area contributed by atoms with Crippen molar-refractivity contribution in [1.82, 2.24) is 0 Å². The first kappa shape index (κ1) is 13.7. The van der Waals surface area contributed by atoms with Gasteiger partial charge in [0.2, 0.25) is 0 Å². The van der Waals surface area contributed by atoms with Gasteiger partial charge in [0.05, 0.1) is 18.0 Å². The largest absolute Gasteiger partial charge is 0.506 e. The normalized spacial score (nSPS) is 10.1. The Bertz CT molecular complexity index is 626. The number of carbonyl (C=O) groups excluding carboxylic acids is 1. The number of amides is 1. The van der Waals surface area contributed by atoms with Gasteiger partial charge in [-0.2, -0.15) is 0 Å². The van der Waals surface area contributed by atoms with Crippen LogP contribution in [0.4, 0.5) is 11.4 Å². The molecule has 2 aromatic rings. The molecule has 0 bridgehead atoms. The van der Waals surface area contributed by atoms with Gasteiger partial charge >= 0.3 is 0 Å². The second-order valence-electron chi connectivity index (χ2n) is 4.16. The highest BCUT2D eigenvalue weighted by Gasteiger charge is 2.11. The molecule has 0 aliphatic heterocycles. The number of hydrogen-bond donors (Lipinski definition) is 3. The van der Waals surface area contributed by atoms with Crippen molar-refractivity contribution in [2.24, 2.45) is 0 Å². The fraction of sp³-hybridized carbons (Fsp3) is 0.133. The van der Waals surface area contributed by atoms with Gasteiger partial charge in [-0.1, -0.05) is 12.1 Å². The van der Waals surface area contributed by atoms with Crippen molar-refractivity contribution in [2.45, 2.75) is 6.92 Å². The lowest BCUT2D eigenvalue weighted by molar-refractivity contribution is 0.102. The number of rotatable bonds is 4. The number of ether oxygens (including phenoxy) is 1. The molecule has 0 fully saturated rings. The van der Waals surface area contributed by atoms with Crippen LogP contribution in [0, 0.1) is 0 Å². The lowest BCUT2D eigenvalue weighted by Gasteiger charge is -2.11. The smallest absolute Gasteiger partial charge is 0.255 e. The van der Waals surface area contributed by atoms with E-state index in [1.54, 1.807) is 24.3 Å². The van der Waals surface area contributed by atoms with Gasteiger partial charge in [0.1, 0.15) is 11.5 Å². The summed E-state index contributed by atoms with van der Waals surface area (Å²) in [5.74, 6) is 0.145. The number of nitrogen functional groups attached to an aromatic ring is 1. The van der Waals surface area contributed by atoms with E-state index in [4.69, 9.17) is 10.5 Å². The first-order chi connectivity index (χ1) is 9.61. The molecule has 2 aromatic carbocycles. The number of anilines is 2. The molecule has 0 aliphatic carbocycles. The number of benzene rings is 2. The van der Waals surface area contributed by atoms with E-state index < -0.39 is 0 Å². The maximum atomic E-state index is 12.1. The lowest BCUT2D eigenvalue weighted by Crippen LogP contribution is -2.13. The number of carbonyl (C=O) groups is 1. The molecule has 0 saturated carbocycles. The van der Waals surface area contributed by atoms with Crippen LogP contribution in [0.1, 0.15) is 17.3 Å². The van der Waals surface area contributed by atoms with Crippen LogP contribution < -0.4 is 15.8 Å². The minimum absolute atomic E-state index is 0.115. The number of hydrogen-bond acceptors (Lipinski definition) is 4. The Balaban J connectivity index is 2.21. The van der Waals surface area contributed by atoms with Crippen LogP contribution in [0.2, 0.25) is 0 Å². The van der Waals surface area contributed by atoms with Crippen LogP contribution in [-0.2, 0) is 0 Å². The number of phenols is 1. The summed E-state index contributed by atoms with van der Waals surface area (Å²) in [5, 5.41) is 12.3. The summed E-state index contributed by atoms with van der Waals surface area (Å²) in [6.07, 6.45) is 0. The first-order valence-electron chi connectivity index (χ1n) is 6.23.